The Balaban J connectivity index is 1.18. The maximum atomic E-state index is 13.5. The Kier molecular flexibility index (Phi) is 8.04. The number of hydrogen-bond acceptors (Lipinski definition) is 5. The number of esters is 1. The number of amides is 1. The van der Waals surface area contributed by atoms with Crippen LogP contribution in [0.5, 0.6) is 0 Å². The lowest BCUT2D eigenvalue weighted by molar-refractivity contribution is -0.140. The summed E-state index contributed by atoms with van der Waals surface area (Å²) in [4.78, 5) is 29.6. The van der Waals surface area contributed by atoms with E-state index >= 15 is 0 Å². The van der Waals surface area contributed by atoms with Gasteiger partial charge in [0, 0.05) is 50.8 Å². The van der Waals surface area contributed by atoms with Gasteiger partial charge in [-0.3, -0.25) is 14.5 Å². The molecule has 0 aromatic heterocycles. The Hall–Kier alpha value is -2.99. The van der Waals surface area contributed by atoms with E-state index in [1.54, 1.807) is 0 Å². The molecule has 1 saturated carbocycles. The van der Waals surface area contributed by atoms with Crippen LogP contribution in [0.1, 0.15) is 66.7 Å². The number of rotatable bonds is 7. The summed E-state index contributed by atoms with van der Waals surface area (Å²) in [5.41, 5.74) is 6.01. The molecule has 0 spiro atoms. The normalized spacial score (nSPS) is 24.6. The van der Waals surface area contributed by atoms with Crippen molar-refractivity contribution in [2.75, 3.05) is 26.7 Å². The fourth-order valence-electron chi connectivity index (χ4n) is 6.45. The van der Waals surface area contributed by atoms with E-state index in [4.69, 9.17) is 10.1 Å². The van der Waals surface area contributed by atoms with Crippen LogP contribution in [0.4, 0.5) is 0 Å². The second-order valence-electron chi connectivity index (χ2n) is 10.9. The molecule has 2 heterocycles. The van der Waals surface area contributed by atoms with E-state index in [-0.39, 0.29) is 29.8 Å². The van der Waals surface area contributed by atoms with Crippen molar-refractivity contribution in [3.63, 3.8) is 0 Å². The highest BCUT2D eigenvalue weighted by molar-refractivity contribution is 5.89. The van der Waals surface area contributed by atoms with E-state index in [9.17, 15) is 9.59 Å². The minimum atomic E-state index is -0.211. The minimum absolute atomic E-state index is 0.0693. The van der Waals surface area contributed by atoms with Crippen LogP contribution in [0, 0.1) is 11.3 Å². The van der Waals surface area contributed by atoms with Crippen LogP contribution >= 0.6 is 0 Å². The van der Waals surface area contributed by atoms with Gasteiger partial charge in [0.15, 0.2) is 0 Å². The van der Waals surface area contributed by atoms with E-state index in [1.807, 2.05) is 4.90 Å². The molecule has 2 fully saturated rings. The molecule has 6 nitrogen and oxygen atoms in total. The third kappa shape index (κ3) is 5.96. The van der Waals surface area contributed by atoms with Gasteiger partial charge in [-0.25, -0.2) is 0 Å². The zero-order valence-electron chi connectivity index (χ0n) is 22.0. The average molecular weight is 502 g/mol. The first-order valence-electron chi connectivity index (χ1n) is 13.8. The highest BCUT2D eigenvalue weighted by Gasteiger charge is 2.39. The third-order valence-electron chi connectivity index (χ3n) is 8.68. The summed E-state index contributed by atoms with van der Waals surface area (Å²) in [5.74, 6) is 0.0809. The lowest BCUT2D eigenvalue weighted by Gasteiger charge is -2.35. The second kappa shape index (κ2) is 11.6. The molecule has 1 aliphatic carbocycles. The maximum absolute atomic E-state index is 13.5. The number of benzene rings is 2. The molecule has 6 heteroatoms. The first-order chi connectivity index (χ1) is 18.0. The average Bonchev–Trinajstić information content (AvgIpc) is 3.19. The van der Waals surface area contributed by atoms with E-state index in [0.717, 1.165) is 63.8 Å². The molecule has 2 aromatic rings. The molecule has 2 aromatic carbocycles. The standard InChI is InChI=1S/C31H39N3O3/c1-37-30(35)12-10-24-9-11-27(20-29(24)32)34-18-15-28(31(34)36)26-8-7-23-13-16-33(17-14-25(23)19-26)21-22-5-3-2-4-6-22/h2-8,19,24,27-28,32H,9-18,20-21H2,1H3/t24-,27+,28?/m0/s1. The summed E-state index contributed by atoms with van der Waals surface area (Å²) < 4.78 is 4.75. The molecule has 5 rings (SSSR count). The van der Waals surface area contributed by atoms with Gasteiger partial charge in [0.2, 0.25) is 5.91 Å². The predicted molar refractivity (Wildman–Crippen MR) is 145 cm³/mol. The first-order valence-corrected chi connectivity index (χ1v) is 13.8. The Labute approximate surface area is 220 Å². The lowest BCUT2D eigenvalue weighted by Crippen LogP contribution is -2.42. The molecular formula is C31H39N3O3. The summed E-state index contributed by atoms with van der Waals surface area (Å²) in [5, 5.41) is 8.54. The molecule has 1 amide bonds. The minimum Gasteiger partial charge on any atom is -0.469 e. The van der Waals surface area contributed by atoms with E-state index < -0.39 is 0 Å². The van der Waals surface area contributed by atoms with Crippen LogP contribution in [0.15, 0.2) is 48.5 Å². The molecule has 1 saturated heterocycles. The molecule has 37 heavy (non-hydrogen) atoms. The number of hydrogen-bond donors (Lipinski definition) is 1. The van der Waals surface area contributed by atoms with E-state index in [2.05, 4.69) is 53.4 Å². The van der Waals surface area contributed by atoms with E-state index in [0.29, 0.717) is 25.0 Å². The van der Waals surface area contributed by atoms with Gasteiger partial charge in [0.25, 0.3) is 0 Å². The molecule has 0 radical (unpaired) electrons. The van der Waals surface area contributed by atoms with Crippen molar-refractivity contribution < 1.29 is 14.3 Å². The van der Waals surface area contributed by atoms with Crippen LogP contribution in [-0.4, -0.2) is 60.2 Å². The number of carbonyl (C=O) groups excluding carboxylic acids is 2. The van der Waals surface area contributed by atoms with Gasteiger partial charge in [-0.15, -0.1) is 0 Å². The number of fused-ring (bicyclic) bond motifs is 1. The number of carbonyl (C=O) groups is 2. The largest absolute Gasteiger partial charge is 0.469 e. The van der Waals surface area contributed by atoms with Gasteiger partial charge in [-0.1, -0.05) is 48.5 Å². The molecule has 1 N–H and O–H groups in total. The Morgan fingerprint density at radius 2 is 1.78 bits per heavy atom. The smallest absolute Gasteiger partial charge is 0.305 e. The number of ether oxygens (including phenoxy) is 1. The van der Waals surface area contributed by atoms with Crippen molar-refractivity contribution in [1.82, 2.24) is 9.80 Å². The SMILES string of the molecule is COC(=O)CC[C@@H]1CC[C@@H](N2CCC(c3ccc4c(c3)CCN(Cc3ccccc3)CC4)C2=O)CC1=N. The van der Waals surface area contributed by atoms with Crippen molar-refractivity contribution >= 4 is 17.6 Å². The Morgan fingerprint density at radius 1 is 1.00 bits per heavy atom. The van der Waals surface area contributed by atoms with Gasteiger partial charge >= 0.3 is 5.97 Å². The fourth-order valence-corrected chi connectivity index (χ4v) is 6.45. The Bertz CT molecular complexity index is 1130. The summed E-state index contributed by atoms with van der Waals surface area (Å²) >= 11 is 0. The summed E-state index contributed by atoms with van der Waals surface area (Å²) in [6.07, 6.45) is 6.37. The van der Waals surface area contributed by atoms with Crippen molar-refractivity contribution in [2.24, 2.45) is 5.92 Å². The third-order valence-corrected chi connectivity index (χ3v) is 8.68. The fraction of sp³-hybridized carbons (Fsp3) is 0.516. The van der Waals surface area contributed by atoms with Gasteiger partial charge in [0.05, 0.1) is 13.0 Å². The van der Waals surface area contributed by atoms with Crippen molar-refractivity contribution in [3.8, 4) is 0 Å². The molecular weight excluding hydrogens is 462 g/mol. The quantitative estimate of drug-likeness (QED) is 0.556. The van der Waals surface area contributed by atoms with Crippen LogP contribution in [0.3, 0.4) is 0 Å². The highest BCUT2D eigenvalue weighted by atomic mass is 16.5. The lowest BCUT2D eigenvalue weighted by atomic mass is 9.81. The monoisotopic (exact) mass is 501 g/mol. The van der Waals surface area contributed by atoms with E-state index in [1.165, 1.54) is 23.8 Å². The maximum Gasteiger partial charge on any atom is 0.305 e. The molecule has 3 atom stereocenters. The number of nitrogens with one attached hydrogen (secondary N) is 1. The van der Waals surface area contributed by atoms with Crippen LogP contribution < -0.4 is 0 Å². The van der Waals surface area contributed by atoms with Crippen LogP contribution in [-0.2, 0) is 33.7 Å². The molecule has 196 valence electrons. The van der Waals surface area contributed by atoms with Gasteiger partial charge < -0.3 is 15.0 Å². The van der Waals surface area contributed by atoms with Gasteiger partial charge in [-0.05, 0) is 66.7 Å². The topological polar surface area (TPSA) is 73.7 Å². The molecule has 2 aliphatic heterocycles. The summed E-state index contributed by atoms with van der Waals surface area (Å²) in [6, 6.07) is 17.5. The predicted octanol–water partition coefficient (Wildman–Crippen LogP) is 4.74. The summed E-state index contributed by atoms with van der Waals surface area (Å²) in [7, 11) is 1.41. The zero-order chi connectivity index (χ0) is 25.8. The van der Waals surface area contributed by atoms with Crippen molar-refractivity contribution in [1.29, 1.82) is 5.41 Å². The molecule has 1 unspecified atom stereocenters. The van der Waals surface area contributed by atoms with Crippen molar-refractivity contribution in [2.45, 2.75) is 69.9 Å². The second-order valence-corrected chi connectivity index (χ2v) is 10.9. The summed E-state index contributed by atoms with van der Waals surface area (Å²) in [6.45, 7) is 3.86. The van der Waals surface area contributed by atoms with Crippen LogP contribution in [0.2, 0.25) is 0 Å². The van der Waals surface area contributed by atoms with Gasteiger partial charge in [0.1, 0.15) is 0 Å². The number of nitrogens with zero attached hydrogens (tertiary/aromatic N) is 2. The molecule has 3 aliphatic rings. The Morgan fingerprint density at radius 3 is 2.54 bits per heavy atom. The van der Waals surface area contributed by atoms with Crippen LogP contribution in [0.25, 0.3) is 0 Å². The number of likely N-dealkylation sites (tertiary alicyclic amines) is 1. The molecule has 0 bridgehead atoms. The first kappa shape index (κ1) is 25.7. The zero-order valence-corrected chi connectivity index (χ0v) is 22.0. The highest BCUT2D eigenvalue weighted by Crippen LogP contribution is 2.36. The van der Waals surface area contributed by atoms with Gasteiger partial charge in [-0.2, -0.15) is 0 Å². The number of methoxy groups -OCH3 is 1. The van der Waals surface area contributed by atoms with Crippen molar-refractivity contribution in [3.05, 3.63) is 70.8 Å².